The number of nitrogens with zero attached hydrogens (tertiary/aromatic N) is 4. The Morgan fingerprint density at radius 3 is 2.85 bits per heavy atom. The highest BCUT2D eigenvalue weighted by molar-refractivity contribution is 5.97. The summed E-state index contributed by atoms with van der Waals surface area (Å²) in [7, 11) is 0. The smallest absolute Gasteiger partial charge is 0.206 e. The van der Waals surface area contributed by atoms with Gasteiger partial charge in [-0.2, -0.15) is 5.10 Å². The van der Waals surface area contributed by atoms with Crippen molar-refractivity contribution in [1.29, 1.82) is 0 Å². The maximum absolute atomic E-state index is 14.1. The zero-order valence-corrected chi connectivity index (χ0v) is 14.2. The Kier molecular flexibility index (Phi) is 4.06. The van der Waals surface area contributed by atoms with Crippen LogP contribution in [0.15, 0.2) is 41.0 Å². The van der Waals surface area contributed by atoms with Crippen molar-refractivity contribution in [2.45, 2.75) is 31.7 Å². The van der Waals surface area contributed by atoms with E-state index in [1.807, 2.05) is 13.0 Å². The molecule has 3 heterocycles. The minimum atomic E-state index is -0.479. The largest absolute Gasteiger partial charge is 0.383 e. The fourth-order valence-corrected chi connectivity index (χ4v) is 2.80. The Balaban J connectivity index is 1.64. The molecule has 1 saturated carbocycles. The third-order valence-electron chi connectivity index (χ3n) is 4.46. The highest BCUT2D eigenvalue weighted by Crippen LogP contribution is 2.40. The van der Waals surface area contributed by atoms with E-state index in [-0.39, 0.29) is 18.4 Å². The third-order valence-corrected chi connectivity index (χ3v) is 4.46. The molecule has 0 unspecified atom stereocenters. The van der Waals surface area contributed by atoms with Crippen LogP contribution >= 0.6 is 0 Å². The molecular formula is C17H19F2N7. The Hall–Kier alpha value is -2.97. The lowest BCUT2D eigenvalue weighted by molar-refractivity contribution is 0.578. The average molecular weight is 359 g/mol. The first kappa shape index (κ1) is 16.5. The molecule has 7 nitrogen and oxygen atoms in total. The van der Waals surface area contributed by atoms with Gasteiger partial charge in [0.15, 0.2) is 11.6 Å². The minimum absolute atomic E-state index is 0.0593. The second-order valence-electron chi connectivity index (χ2n) is 6.52. The van der Waals surface area contributed by atoms with Crippen molar-refractivity contribution in [3.63, 3.8) is 0 Å². The predicted octanol–water partition coefficient (Wildman–Crippen LogP) is 2.45. The quantitative estimate of drug-likeness (QED) is 0.779. The number of guanidine groups is 1. The summed E-state index contributed by atoms with van der Waals surface area (Å²) in [6.45, 7) is 1.76. The van der Waals surface area contributed by atoms with E-state index >= 15 is 0 Å². The zero-order valence-electron chi connectivity index (χ0n) is 14.2. The van der Waals surface area contributed by atoms with E-state index in [9.17, 15) is 8.78 Å². The van der Waals surface area contributed by atoms with Gasteiger partial charge in [-0.05, 0) is 31.9 Å². The number of pyridine rings is 1. The highest BCUT2D eigenvalue weighted by atomic mass is 19.1. The molecule has 4 rings (SSSR count). The predicted molar refractivity (Wildman–Crippen MR) is 93.4 cm³/mol. The molecular weight excluding hydrogens is 340 g/mol. The molecule has 0 amide bonds. The molecule has 1 aliphatic carbocycles. The summed E-state index contributed by atoms with van der Waals surface area (Å²) in [6.07, 6.45) is 3.41. The summed E-state index contributed by atoms with van der Waals surface area (Å²) in [5.74, 6) is 0.479. The maximum Gasteiger partial charge on any atom is 0.206 e. The second kappa shape index (κ2) is 6.40. The standard InChI is InChI=1S/C17H19F2N7/c1-9(13-5-4-11(18)7-21-13)22-17-23-16(20)12(19)8-26(17)15-6-14(24-25-15)10-2-3-10/h4-7,9-10H,2-3,8,20H2,1H3,(H,22,23)(H,24,25)/t9-/m0/s1. The molecule has 1 aliphatic heterocycles. The van der Waals surface area contributed by atoms with E-state index in [4.69, 9.17) is 5.73 Å². The summed E-state index contributed by atoms with van der Waals surface area (Å²) in [4.78, 5) is 10.2. The van der Waals surface area contributed by atoms with Gasteiger partial charge in [-0.1, -0.05) is 0 Å². The number of hydrogen-bond donors (Lipinski definition) is 3. The lowest BCUT2D eigenvalue weighted by Crippen LogP contribution is -2.48. The zero-order chi connectivity index (χ0) is 18.3. The first-order valence-electron chi connectivity index (χ1n) is 8.44. The lowest BCUT2D eigenvalue weighted by atomic mass is 10.2. The van der Waals surface area contributed by atoms with Crippen LogP contribution in [-0.2, 0) is 0 Å². The van der Waals surface area contributed by atoms with Gasteiger partial charge in [-0.25, -0.2) is 13.8 Å². The average Bonchev–Trinajstić information content (AvgIpc) is 3.36. The van der Waals surface area contributed by atoms with Gasteiger partial charge in [0, 0.05) is 17.7 Å². The fourth-order valence-electron chi connectivity index (χ4n) is 2.80. The monoisotopic (exact) mass is 359 g/mol. The highest BCUT2D eigenvalue weighted by Gasteiger charge is 2.30. The molecule has 0 aromatic carbocycles. The summed E-state index contributed by atoms with van der Waals surface area (Å²) >= 11 is 0. The molecule has 9 heteroatoms. The number of nitrogens with one attached hydrogen (secondary N) is 2. The van der Waals surface area contributed by atoms with Crippen LogP contribution in [0.5, 0.6) is 0 Å². The van der Waals surface area contributed by atoms with Gasteiger partial charge < -0.3 is 11.1 Å². The summed E-state index contributed by atoms with van der Waals surface area (Å²) in [5, 5.41) is 10.1. The summed E-state index contributed by atoms with van der Waals surface area (Å²) in [5.41, 5.74) is 7.33. The molecule has 0 saturated heterocycles. The second-order valence-corrected chi connectivity index (χ2v) is 6.52. The number of aliphatic imine (C=N–C) groups is 1. The van der Waals surface area contributed by atoms with E-state index in [0.717, 1.165) is 24.7 Å². The fraction of sp³-hybridized carbons (Fsp3) is 0.353. The van der Waals surface area contributed by atoms with Crippen molar-refractivity contribution in [1.82, 2.24) is 20.5 Å². The van der Waals surface area contributed by atoms with E-state index in [1.165, 1.54) is 6.07 Å². The molecule has 136 valence electrons. The Bertz CT molecular complexity index is 867. The van der Waals surface area contributed by atoms with Gasteiger partial charge in [0.2, 0.25) is 5.96 Å². The number of rotatable bonds is 4. The van der Waals surface area contributed by atoms with Crippen molar-refractivity contribution in [3.8, 4) is 0 Å². The van der Waals surface area contributed by atoms with Crippen LogP contribution in [0, 0.1) is 5.82 Å². The van der Waals surface area contributed by atoms with Gasteiger partial charge in [-0.3, -0.25) is 15.0 Å². The van der Waals surface area contributed by atoms with Crippen molar-refractivity contribution in [3.05, 3.63) is 53.2 Å². The molecule has 26 heavy (non-hydrogen) atoms. The molecule has 2 aliphatic rings. The van der Waals surface area contributed by atoms with E-state index in [0.29, 0.717) is 23.4 Å². The summed E-state index contributed by atoms with van der Waals surface area (Å²) < 4.78 is 27.1. The van der Waals surface area contributed by atoms with Crippen LogP contribution in [0.4, 0.5) is 14.6 Å². The number of nitrogens with two attached hydrogens (primary N) is 1. The maximum atomic E-state index is 14.1. The Labute approximate surface area is 149 Å². The van der Waals surface area contributed by atoms with E-state index in [1.54, 1.807) is 11.0 Å². The van der Waals surface area contributed by atoms with Crippen molar-refractivity contribution in [2.24, 2.45) is 10.7 Å². The molecule has 1 fully saturated rings. The molecule has 2 aromatic heterocycles. The summed E-state index contributed by atoms with van der Waals surface area (Å²) in [6, 6.07) is 4.42. The van der Waals surface area contributed by atoms with Crippen LogP contribution in [0.3, 0.4) is 0 Å². The molecule has 0 bridgehead atoms. The van der Waals surface area contributed by atoms with Gasteiger partial charge in [-0.15, -0.1) is 0 Å². The lowest BCUT2D eigenvalue weighted by Gasteiger charge is -2.29. The van der Waals surface area contributed by atoms with Gasteiger partial charge in [0.25, 0.3) is 0 Å². The minimum Gasteiger partial charge on any atom is -0.383 e. The van der Waals surface area contributed by atoms with Gasteiger partial charge in [0.05, 0.1) is 24.5 Å². The number of anilines is 1. The number of aromatic amines is 1. The number of H-pyrrole nitrogens is 1. The molecule has 2 aromatic rings. The van der Waals surface area contributed by atoms with Crippen LogP contribution in [0.25, 0.3) is 0 Å². The number of aromatic nitrogens is 3. The molecule has 4 N–H and O–H groups in total. The topological polar surface area (TPSA) is 95.2 Å². The molecule has 0 spiro atoms. The number of halogens is 2. The first-order valence-corrected chi connectivity index (χ1v) is 8.44. The Morgan fingerprint density at radius 1 is 1.35 bits per heavy atom. The van der Waals surface area contributed by atoms with E-state index in [2.05, 4.69) is 25.5 Å². The van der Waals surface area contributed by atoms with Crippen LogP contribution in [-0.4, -0.2) is 27.7 Å². The van der Waals surface area contributed by atoms with Gasteiger partial charge >= 0.3 is 0 Å². The first-order chi connectivity index (χ1) is 12.5. The number of hydrogen-bond acceptors (Lipinski definition) is 4. The third kappa shape index (κ3) is 3.24. The van der Waals surface area contributed by atoms with Crippen molar-refractivity contribution < 1.29 is 8.78 Å². The van der Waals surface area contributed by atoms with Crippen LogP contribution in [0.1, 0.15) is 43.1 Å². The molecule has 0 radical (unpaired) electrons. The van der Waals surface area contributed by atoms with Crippen molar-refractivity contribution in [2.75, 3.05) is 11.4 Å². The SMILES string of the molecule is C[C@H](N=C1NC(N)=C(F)CN1c1cc(C2CC2)[nH]n1)c1ccc(F)cn1. The van der Waals surface area contributed by atoms with Gasteiger partial charge in [0.1, 0.15) is 11.6 Å². The Morgan fingerprint density at radius 2 is 2.15 bits per heavy atom. The normalized spacial score (nSPS) is 20.4. The van der Waals surface area contributed by atoms with Crippen LogP contribution < -0.4 is 16.0 Å². The van der Waals surface area contributed by atoms with Crippen molar-refractivity contribution >= 4 is 11.8 Å². The van der Waals surface area contributed by atoms with E-state index < -0.39 is 11.6 Å². The van der Waals surface area contributed by atoms with Crippen LogP contribution in [0.2, 0.25) is 0 Å². The molecule has 1 atom stereocenters.